The quantitative estimate of drug-likeness (QED) is 0.176. The van der Waals surface area contributed by atoms with Gasteiger partial charge in [-0.25, -0.2) is 0 Å². The Balaban J connectivity index is 1.07. The highest BCUT2D eigenvalue weighted by Crippen LogP contribution is 2.49. The van der Waals surface area contributed by atoms with Crippen LogP contribution in [-0.4, -0.2) is 0 Å². The van der Waals surface area contributed by atoms with Crippen LogP contribution < -0.4 is 4.90 Å². The van der Waals surface area contributed by atoms with Crippen LogP contribution in [-0.2, 0) is 0 Å². The summed E-state index contributed by atoms with van der Waals surface area (Å²) in [6.45, 7) is 0. The normalized spacial score (nSPS) is 11.9. The maximum absolute atomic E-state index is 6.90. The van der Waals surface area contributed by atoms with Gasteiger partial charge in [-0.1, -0.05) is 133 Å². The van der Waals surface area contributed by atoms with E-state index in [-0.39, 0.29) is 0 Å². The van der Waals surface area contributed by atoms with Crippen molar-refractivity contribution in [1.29, 1.82) is 0 Å². The summed E-state index contributed by atoms with van der Waals surface area (Å²) < 4.78 is 15.6. The third-order valence-corrected chi connectivity index (χ3v) is 12.5. The van der Waals surface area contributed by atoms with Gasteiger partial charge in [0.05, 0.1) is 16.1 Å². The highest BCUT2D eigenvalue weighted by atomic mass is 32.1. The zero-order chi connectivity index (χ0) is 36.7. The lowest BCUT2D eigenvalue weighted by Crippen LogP contribution is -2.11. The topological polar surface area (TPSA) is 29.5 Å². The van der Waals surface area contributed by atoms with Crippen LogP contribution in [0.2, 0.25) is 0 Å². The summed E-state index contributed by atoms with van der Waals surface area (Å²) in [6, 6.07) is 67.3. The molecule has 9 aromatic carbocycles. The molecule has 3 aromatic heterocycles. The Morgan fingerprint density at radius 2 is 1.04 bits per heavy atom. The lowest BCUT2D eigenvalue weighted by atomic mass is 9.98. The molecule has 0 unspecified atom stereocenters. The first-order chi connectivity index (χ1) is 27.8. The number of anilines is 3. The Morgan fingerprint density at radius 1 is 0.375 bits per heavy atom. The van der Waals surface area contributed by atoms with E-state index in [0.29, 0.717) is 0 Å². The second-order valence-corrected chi connectivity index (χ2v) is 15.5. The van der Waals surface area contributed by atoms with Gasteiger partial charge in [0.2, 0.25) is 0 Å². The summed E-state index contributed by atoms with van der Waals surface area (Å²) in [5, 5.41) is 9.33. The second kappa shape index (κ2) is 12.2. The molecule has 3 heterocycles. The van der Waals surface area contributed by atoms with Gasteiger partial charge < -0.3 is 13.7 Å². The van der Waals surface area contributed by atoms with E-state index in [4.69, 9.17) is 8.83 Å². The number of thiophene rings is 1. The molecule has 0 fully saturated rings. The average molecular weight is 734 g/mol. The van der Waals surface area contributed by atoms with Crippen molar-refractivity contribution in [2.45, 2.75) is 0 Å². The monoisotopic (exact) mass is 733 g/mol. The van der Waals surface area contributed by atoms with Gasteiger partial charge in [0.15, 0.2) is 0 Å². The van der Waals surface area contributed by atoms with Crippen LogP contribution in [0.1, 0.15) is 0 Å². The molecule has 0 amide bonds. The highest BCUT2D eigenvalue weighted by Gasteiger charge is 2.23. The van der Waals surface area contributed by atoms with Crippen LogP contribution in [0, 0.1) is 0 Å². The Kier molecular flexibility index (Phi) is 6.80. The lowest BCUT2D eigenvalue weighted by Gasteiger charge is -2.28. The van der Waals surface area contributed by atoms with Crippen LogP contribution >= 0.6 is 11.3 Å². The molecule has 0 atom stereocenters. The fourth-order valence-corrected chi connectivity index (χ4v) is 9.87. The van der Waals surface area contributed by atoms with E-state index < -0.39 is 0 Å². The molecule has 0 bridgehead atoms. The molecule has 0 saturated carbocycles. The summed E-state index contributed by atoms with van der Waals surface area (Å²) in [6.07, 6.45) is 0. The molecule has 4 heteroatoms. The molecule has 12 rings (SSSR count). The Hall–Kier alpha value is -7.14. The SMILES string of the molecule is c1ccc(N(c2ccc(-c3ccc4oc5ccccc5c4c3)cc2)c2cccc3c2sc2ccccc23)c(-c2cccc3c2oc2c4ccccc4ccc32)c1. The van der Waals surface area contributed by atoms with E-state index in [1.54, 1.807) is 0 Å². The first-order valence-corrected chi connectivity index (χ1v) is 19.7. The maximum atomic E-state index is 6.90. The van der Waals surface area contributed by atoms with E-state index in [0.717, 1.165) is 88.6 Å². The van der Waals surface area contributed by atoms with Crippen LogP contribution in [0.15, 0.2) is 197 Å². The number of fused-ring (bicyclic) bond motifs is 11. The summed E-state index contributed by atoms with van der Waals surface area (Å²) in [5.41, 5.74) is 11.4. The predicted octanol–water partition coefficient (Wildman–Crippen LogP) is 15.8. The van der Waals surface area contributed by atoms with Crippen LogP contribution in [0.5, 0.6) is 0 Å². The van der Waals surface area contributed by atoms with Crippen molar-refractivity contribution in [2.24, 2.45) is 0 Å². The fourth-order valence-electron chi connectivity index (χ4n) is 8.66. The number of nitrogens with zero attached hydrogens (tertiary/aromatic N) is 1. The Bertz CT molecular complexity index is 3500. The molecular weight excluding hydrogens is 703 g/mol. The van der Waals surface area contributed by atoms with E-state index in [9.17, 15) is 0 Å². The first-order valence-electron chi connectivity index (χ1n) is 18.9. The molecule has 3 nitrogen and oxygen atoms in total. The molecule has 0 aliphatic carbocycles. The summed E-state index contributed by atoms with van der Waals surface area (Å²) in [5.74, 6) is 0. The van der Waals surface area contributed by atoms with Crippen molar-refractivity contribution in [3.63, 3.8) is 0 Å². The van der Waals surface area contributed by atoms with Crippen molar-refractivity contribution in [3.05, 3.63) is 188 Å². The van der Waals surface area contributed by atoms with Crippen molar-refractivity contribution in [2.75, 3.05) is 4.90 Å². The van der Waals surface area contributed by atoms with Crippen molar-refractivity contribution in [1.82, 2.24) is 0 Å². The molecule has 0 aliphatic rings. The second-order valence-electron chi connectivity index (χ2n) is 14.4. The minimum atomic E-state index is 0.892. The van der Waals surface area contributed by atoms with Gasteiger partial charge in [-0.05, 0) is 71.1 Å². The predicted molar refractivity (Wildman–Crippen MR) is 237 cm³/mol. The molecule has 0 aliphatic heterocycles. The van der Waals surface area contributed by atoms with Crippen molar-refractivity contribution < 1.29 is 8.83 Å². The number of para-hydroxylation sites is 3. The Labute approximate surface area is 325 Å². The largest absolute Gasteiger partial charge is 0.456 e. The minimum absolute atomic E-state index is 0.892. The Morgan fingerprint density at radius 3 is 1.96 bits per heavy atom. The summed E-state index contributed by atoms with van der Waals surface area (Å²) >= 11 is 1.85. The molecule has 0 N–H and O–H groups in total. The van der Waals surface area contributed by atoms with E-state index in [2.05, 4.69) is 181 Å². The molecule has 262 valence electrons. The highest BCUT2D eigenvalue weighted by molar-refractivity contribution is 7.26. The fraction of sp³-hybridized carbons (Fsp3) is 0. The number of hydrogen-bond donors (Lipinski definition) is 0. The van der Waals surface area contributed by atoms with Crippen molar-refractivity contribution >= 4 is 103 Å². The van der Waals surface area contributed by atoms with Gasteiger partial charge in [-0.2, -0.15) is 0 Å². The van der Waals surface area contributed by atoms with Gasteiger partial charge in [0.1, 0.15) is 22.3 Å². The number of furan rings is 2. The molecule has 12 aromatic rings. The maximum Gasteiger partial charge on any atom is 0.143 e. The van der Waals surface area contributed by atoms with Gasteiger partial charge in [0, 0.05) is 59.2 Å². The standard InChI is InChI=1S/C52H31NO2S/c1-2-12-36-33(11-1)25-29-42-41-17-9-16-40(51(41)55-50(36)42)37-13-3-6-19-45(37)53(46-20-10-18-43-39-15-5-8-22-49(39)56-52(43)46)35-27-23-32(24-28-35)34-26-30-48-44(31-34)38-14-4-7-21-47(38)54-48/h1-31H. The van der Waals surface area contributed by atoms with Gasteiger partial charge in [-0.3, -0.25) is 0 Å². The van der Waals surface area contributed by atoms with E-state index >= 15 is 0 Å². The number of benzene rings is 9. The summed E-state index contributed by atoms with van der Waals surface area (Å²) in [7, 11) is 0. The zero-order valence-corrected chi connectivity index (χ0v) is 30.9. The third kappa shape index (κ3) is 4.70. The van der Waals surface area contributed by atoms with Gasteiger partial charge >= 0.3 is 0 Å². The molecule has 56 heavy (non-hydrogen) atoms. The molecule has 0 radical (unpaired) electrons. The van der Waals surface area contributed by atoms with E-state index in [1.165, 1.54) is 25.6 Å². The van der Waals surface area contributed by atoms with Gasteiger partial charge in [-0.15, -0.1) is 11.3 Å². The first kappa shape index (κ1) is 31.2. The minimum Gasteiger partial charge on any atom is -0.456 e. The van der Waals surface area contributed by atoms with E-state index in [1.807, 2.05) is 23.5 Å². The molecule has 0 spiro atoms. The number of rotatable bonds is 5. The van der Waals surface area contributed by atoms with Crippen molar-refractivity contribution in [3.8, 4) is 22.3 Å². The van der Waals surface area contributed by atoms with Gasteiger partial charge in [0.25, 0.3) is 0 Å². The molecule has 0 saturated heterocycles. The summed E-state index contributed by atoms with van der Waals surface area (Å²) in [4.78, 5) is 2.43. The van der Waals surface area contributed by atoms with Crippen LogP contribution in [0.3, 0.4) is 0 Å². The third-order valence-electron chi connectivity index (χ3n) is 11.3. The van der Waals surface area contributed by atoms with Crippen LogP contribution in [0.25, 0.3) is 97.1 Å². The number of hydrogen-bond acceptors (Lipinski definition) is 4. The smallest absolute Gasteiger partial charge is 0.143 e. The lowest BCUT2D eigenvalue weighted by molar-refractivity contribution is 0.669. The average Bonchev–Trinajstić information content (AvgIpc) is 3.96. The van der Waals surface area contributed by atoms with Crippen LogP contribution in [0.4, 0.5) is 17.1 Å². The zero-order valence-electron chi connectivity index (χ0n) is 30.1. The molecular formula is C52H31NO2S.